The van der Waals surface area contributed by atoms with Crippen LogP contribution in [0.4, 0.5) is 8.78 Å². The zero-order chi connectivity index (χ0) is 12.7. The van der Waals surface area contributed by atoms with Crippen molar-refractivity contribution in [3.63, 3.8) is 0 Å². The summed E-state index contributed by atoms with van der Waals surface area (Å²) in [6, 6.07) is 5.19. The number of nitrogens with zero attached hydrogens (tertiary/aromatic N) is 1. The van der Waals surface area contributed by atoms with Crippen molar-refractivity contribution < 1.29 is 8.78 Å². The number of piperidine rings is 1. The summed E-state index contributed by atoms with van der Waals surface area (Å²) in [6.07, 6.45) is 4.80. The van der Waals surface area contributed by atoms with Crippen molar-refractivity contribution >= 4 is 0 Å². The first-order valence-electron chi connectivity index (χ1n) is 6.85. The van der Waals surface area contributed by atoms with Gasteiger partial charge in [0.1, 0.15) is 11.6 Å². The SMILES string of the molecule is C[C@H]1CCC2CCC1N2Cc1c(F)cccc1F. The van der Waals surface area contributed by atoms with Gasteiger partial charge < -0.3 is 0 Å². The summed E-state index contributed by atoms with van der Waals surface area (Å²) in [5.41, 5.74) is 0.239. The molecule has 2 heterocycles. The summed E-state index contributed by atoms with van der Waals surface area (Å²) in [5.74, 6) is -0.168. The highest BCUT2D eigenvalue weighted by atomic mass is 19.1. The molecule has 2 aliphatic heterocycles. The Morgan fingerprint density at radius 3 is 2.50 bits per heavy atom. The van der Waals surface area contributed by atoms with Gasteiger partial charge >= 0.3 is 0 Å². The van der Waals surface area contributed by atoms with Crippen LogP contribution in [0.25, 0.3) is 0 Å². The van der Waals surface area contributed by atoms with Crippen molar-refractivity contribution in [2.24, 2.45) is 5.92 Å². The van der Waals surface area contributed by atoms with E-state index in [0.29, 0.717) is 24.5 Å². The van der Waals surface area contributed by atoms with Gasteiger partial charge in [-0.25, -0.2) is 8.78 Å². The molecule has 0 radical (unpaired) electrons. The third kappa shape index (κ3) is 1.95. The largest absolute Gasteiger partial charge is 0.293 e. The lowest BCUT2D eigenvalue weighted by molar-refractivity contribution is 0.0889. The second-order valence-corrected chi connectivity index (χ2v) is 5.73. The molecular weight excluding hydrogens is 232 g/mol. The van der Waals surface area contributed by atoms with Gasteiger partial charge in [-0.3, -0.25) is 4.90 Å². The van der Waals surface area contributed by atoms with Crippen LogP contribution >= 0.6 is 0 Å². The fourth-order valence-corrected chi connectivity index (χ4v) is 3.65. The average Bonchev–Trinajstić information content (AvgIpc) is 2.64. The molecule has 0 aliphatic carbocycles. The number of benzene rings is 1. The van der Waals surface area contributed by atoms with Gasteiger partial charge in [0.05, 0.1) is 0 Å². The van der Waals surface area contributed by atoms with Crippen LogP contribution in [0, 0.1) is 17.6 Å². The molecule has 3 heteroatoms. The molecule has 2 bridgehead atoms. The summed E-state index contributed by atoms with van der Waals surface area (Å²) < 4.78 is 27.4. The third-order valence-electron chi connectivity index (χ3n) is 4.71. The molecule has 0 aromatic heterocycles. The molecule has 2 unspecified atom stereocenters. The van der Waals surface area contributed by atoms with Crippen LogP contribution in [0.3, 0.4) is 0 Å². The van der Waals surface area contributed by atoms with E-state index in [1.807, 2.05) is 0 Å². The van der Waals surface area contributed by atoms with E-state index in [9.17, 15) is 8.78 Å². The van der Waals surface area contributed by atoms with Gasteiger partial charge in [0.15, 0.2) is 0 Å². The lowest BCUT2D eigenvalue weighted by Gasteiger charge is -2.38. The molecule has 0 N–H and O–H groups in total. The van der Waals surface area contributed by atoms with Gasteiger partial charge in [0, 0.05) is 24.2 Å². The molecule has 0 spiro atoms. The highest BCUT2D eigenvalue weighted by Gasteiger charge is 2.40. The first-order chi connectivity index (χ1) is 8.66. The van der Waals surface area contributed by atoms with Gasteiger partial charge in [-0.05, 0) is 43.7 Å². The molecule has 1 aromatic rings. The number of fused-ring (bicyclic) bond motifs is 2. The van der Waals surface area contributed by atoms with Crippen LogP contribution in [0.1, 0.15) is 38.2 Å². The van der Waals surface area contributed by atoms with Crippen LogP contribution in [0.2, 0.25) is 0 Å². The number of rotatable bonds is 2. The zero-order valence-electron chi connectivity index (χ0n) is 10.7. The van der Waals surface area contributed by atoms with Crippen molar-refractivity contribution in [3.05, 3.63) is 35.4 Å². The Labute approximate surface area is 107 Å². The molecule has 2 saturated heterocycles. The minimum Gasteiger partial charge on any atom is -0.293 e. The van der Waals surface area contributed by atoms with Crippen molar-refractivity contribution in [1.29, 1.82) is 0 Å². The molecule has 1 aromatic carbocycles. The van der Waals surface area contributed by atoms with Gasteiger partial charge in [-0.1, -0.05) is 13.0 Å². The van der Waals surface area contributed by atoms with Crippen LogP contribution in [-0.4, -0.2) is 17.0 Å². The quantitative estimate of drug-likeness (QED) is 0.774. The second-order valence-electron chi connectivity index (χ2n) is 5.73. The van der Waals surface area contributed by atoms with E-state index in [1.54, 1.807) is 0 Å². The van der Waals surface area contributed by atoms with E-state index in [0.717, 1.165) is 0 Å². The molecule has 3 atom stereocenters. The average molecular weight is 251 g/mol. The Morgan fingerprint density at radius 1 is 1.11 bits per heavy atom. The second kappa shape index (κ2) is 4.61. The van der Waals surface area contributed by atoms with Crippen molar-refractivity contribution in [2.75, 3.05) is 0 Å². The minimum absolute atomic E-state index is 0.239. The van der Waals surface area contributed by atoms with Crippen LogP contribution in [0.15, 0.2) is 18.2 Å². The monoisotopic (exact) mass is 251 g/mol. The Hall–Kier alpha value is -0.960. The fourth-order valence-electron chi connectivity index (χ4n) is 3.65. The molecule has 1 nitrogen and oxygen atoms in total. The topological polar surface area (TPSA) is 3.24 Å². The summed E-state index contributed by atoms with van der Waals surface area (Å²) in [4.78, 5) is 2.33. The lowest BCUT2D eigenvalue weighted by Crippen LogP contribution is -2.43. The summed E-state index contributed by atoms with van der Waals surface area (Å²) in [5, 5.41) is 0. The van der Waals surface area contributed by atoms with Crippen molar-refractivity contribution in [2.45, 2.75) is 51.2 Å². The predicted molar refractivity (Wildman–Crippen MR) is 67.1 cm³/mol. The molecule has 98 valence electrons. The van der Waals surface area contributed by atoms with Crippen molar-refractivity contribution in [1.82, 2.24) is 4.90 Å². The normalized spacial score (nSPS) is 31.8. The van der Waals surface area contributed by atoms with E-state index >= 15 is 0 Å². The Kier molecular flexibility index (Phi) is 3.10. The van der Waals surface area contributed by atoms with Crippen LogP contribution < -0.4 is 0 Å². The minimum atomic E-state index is -0.410. The van der Waals surface area contributed by atoms with Gasteiger partial charge in [-0.15, -0.1) is 0 Å². The molecule has 2 fully saturated rings. The lowest BCUT2D eigenvalue weighted by atomic mass is 9.91. The van der Waals surface area contributed by atoms with Crippen molar-refractivity contribution in [3.8, 4) is 0 Å². The number of hydrogen-bond donors (Lipinski definition) is 0. The van der Waals surface area contributed by atoms with Gasteiger partial charge in [0.2, 0.25) is 0 Å². The maximum atomic E-state index is 13.7. The fraction of sp³-hybridized carbons (Fsp3) is 0.600. The highest BCUT2D eigenvalue weighted by Crippen LogP contribution is 2.40. The maximum Gasteiger partial charge on any atom is 0.130 e. The van der Waals surface area contributed by atoms with Crippen LogP contribution in [-0.2, 0) is 6.54 Å². The first kappa shape index (κ1) is 12.1. The molecule has 3 rings (SSSR count). The molecule has 2 aliphatic rings. The molecule has 18 heavy (non-hydrogen) atoms. The number of hydrogen-bond acceptors (Lipinski definition) is 1. The number of halogens is 2. The maximum absolute atomic E-state index is 13.7. The Morgan fingerprint density at radius 2 is 1.78 bits per heavy atom. The predicted octanol–water partition coefficient (Wildman–Crippen LogP) is 3.73. The van der Waals surface area contributed by atoms with E-state index in [4.69, 9.17) is 0 Å². The molecule has 0 saturated carbocycles. The van der Waals surface area contributed by atoms with E-state index in [2.05, 4.69) is 11.8 Å². The Bertz CT molecular complexity index is 426. The zero-order valence-corrected chi connectivity index (χ0v) is 10.7. The van der Waals surface area contributed by atoms with E-state index in [1.165, 1.54) is 43.9 Å². The van der Waals surface area contributed by atoms with Crippen LogP contribution in [0.5, 0.6) is 0 Å². The standard InChI is InChI=1S/C15H19F2N/c1-10-5-6-11-7-8-15(10)18(11)9-12-13(16)3-2-4-14(12)17/h2-4,10-11,15H,5-9H2,1H3/t10-,11?,15?/m0/s1. The smallest absolute Gasteiger partial charge is 0.130 e. The summed E-state index contributed by atoms with van der Waals surface area (Å²) in [6.45, 7) is 2.69. The van der Waals surface area contributed by atoms with Gasteiger partial charge in [0.25, 0.3) is 0 Å². The highest BCUT2D eigenvalue weighted by molar-refractivity contribution is 5.20. The Balaban J connectivity index is 1.84. The first-order valence-corrected chi connectivity index (χ1v) is 6.85. The summed E-state index contributed by atoms with van der Waals surface area (Å²) >= 11 is 0. The van der Waals surface area contributed by atoms with E-state index in [-0.39, 0.29) is 5.56 Å². The molecular formula is C15H19F2N. The van der Waals surface area contributed by atoms with Gasteiger partial charge in [-0.2, -0.15) is 0 Å². The molecule has 0 amide bonds. The summed E-state index contributed by atoms with van der Waals surface area (Å²) in [7, 11) is 0. The van der Waals surface area contributed by atoms with E-state index < -0.39 is 11.6 Å². The third-order valence-corrected chi connectivity index (χ3v) is 4.71.